The fourth-order valence-corrected chi connectivity index (χ4v) is 2.33. The molecule has 4 nitrogen and oxygen atoms in total. The lowest BCUT2D eigenvalue weighted by molar-refractivity contribution is 0.0936. The Morgan fingerprint density at radius 2 is 1.89 bits per heavy atom. The van der Waals surface area contributed by atoms with Crippen LogP contribution in [0.2, 0.25) is 5.02 Å². The summed E-state index contributed by atoms with van der Waals surface area (Å²) in [5.41, 5.74) is 8.70. The third-order valence-electron chi connectivity index (χ3n) is 3.11. The lowest BCUT2D eigenvalue weighted by Crippen LogP contribution is -2.38. The molecule has 0 aromatic heterocycles. The van der Waals surface area contributed by atoms with Crippen LogP contribution in [-0.4, -0.2) is 5.91 Å². The zero-order valence-electron chi connectivity index (χ0n) is 9.98. The minimum Gasteiger partial charge on any atom is -0.398 e. The van der Waals surface area contributed by atoms with E-state index < -0.39 is 0 Å². The highest BCUT2D eigenvalue weighted by molar-refractivity contribution is 6.31. The Hall–Kier alpha value is -2.20. The van der Waals surface area contributed by atoms with Crippen molar-refractivity contribution in [1.82, 2.24) is 5.32 Å². The van der Waals surface area contributed by atoms with Crippen LogP contribution in [-0.2, 0) is 0 Å². The second kappa shape index (κ2) is 4.48. The van der Waals surface area contributed by atoms with Gasteiger partial charge in [-0.2, -0.15) is 0 Å². The van der Waals surface area contributed by atoms with Crippen LogP contribution in [0.5, 0.6) is 0 Å². The van der Waals surface area contributed by atoms with Crippen molar-refractivity contribution in [1.29, 1.82) is 0 Å². The quantitative estimate of drug-likeness (QED) is 0.700. The smallest absolute Gasteiger partial charge is 0.255 e. The maximum atomic E-state index is 12.1. The molecule has 4 N–H and O–H groups in total. The Labute approximate surface area is 115 Å². The average Bonchev–Trinajstić information content (AvgIpc) is 2.40. The molecule has 0 bridgehead atoms. The topological polar surface area (TPSA) is 67.1 Å². The van der Waals surface area contributed by atoms with E-state index in [0.29, 0.717) is 16.3 Å². The molecule has 1 aliphatic heterocycles. The van der Waals surface area contributed by atoms with Crippen LogP contribution in [0.25, 0.3) is 0 Å². The van der Waals surface area contributed by atoms with Crippen LogP contribution in [0.1, 0.15) is 22.1 Å². The second-order valence-electron chi connectivity index (χ2n) is 4.37. The van der Waals surface area contributed by atoms with E-state index in [0.717, 1.165) is 11.3 Å². The van der Waals surface area contributed by atoms with Gasteiger partial charge in [0.25, 0.3) is 5.91 Å². The van der Waals surface area contributed by atoms with Gasteiger partial charge in [-0.15, -0.1) is 0 Å². The SMILES string of the molecule is Nc1ccccc1C1NC(=O)c2cc(Cl)ccc2N1. The highest BCUT2D eigenvalue weighted by atomic mass is 35.5. The number of nitrogen functional groups attached to an aromatic ring is 1. The maximum Gasteiger partial charge on any atom is 0.255 e. The molecule has 1 heterocycles. The minimum absolute atomic E-state index is 0.162. The van der Waals surface area contributed by atoms with Crippen molar-refractivity contribution in [2.75, 3.05) is 11.1 Å². The van der Waals surface area contributed by atoms with Crippen LogP contribution in [0, 0.1) is 0 Å². The number of carbonyl (C=O) groups excluding carboxylic acids is 1. The first-order valence-electron chi connectivity index (χ1n) is 5.86. The van der Waals surface area contributed by atoms with Gasteiger partial charge in [-0.25, -0.2) is 0 Å². The molecule has 19 heavy (non-hydrogen) atoms. The van der Waals surface area contributed by atoms with Gasteiger partial charge >= 0.3 is 0 Å². The fourth-order valence-electron chi connectivity index (χ4n) is 2.16. The highest BCUT2D eigenvalue weighted by Gasteiger charge is 2.25. The Balaban J connectivity index is 2.00. The standard InChI is InChI=1S/C14H12ClN3O/c15-8-5-6-12-10(7-8)14(19)18-13(17-12)9-3-1-2-4-11(9)16/h1-7,13,17H,16H2,(H,18,19). The number of nitrogens with two attached hydrogens (primary N) is 1. The first-order chi connectivity index (χ1) is 9.15. The number of anilines is 2. The molecule has 2 aromatic carbocycles. The molecule has 5 heteroatoms. The van der Waals surface area contributed by atoms with Crippen molar-refractivity contribution in [3.8, 4) is 0 Å². The monoisotopic (exact) mass is 273 g/mol. The summed E-state index contributed by atoms with van der Waals surface area (Å²) < 4.78 is 0. The van der Waals surface area contributed by atoms with E-state index in [9.17, 15) is 4.79 Å². The number of benzene rings is 2. The zero-order valence-corrected chi connectivity index (χ0v) is 10.7. The number of rotatable bonds is 1. The highest BCUT2D eigenvalue weighted by Crippen LogP contribution is 2.30. The molecular weight excluding hydrogens is 262 g/mol. The minimum atomic E-state index is -0.331. The van der Waals surface area contributed by atoms with Crippen molar-refractivity contribution in [2.45, 2.75) is 6.17 Å². The van der Waals surface area contributed by atoms with E-state index in [1.807, 2.05) is 18.2 Å². The van der Waals surface area contributed by atoms with Crippen molar-refractivity contribution >= 4 is 28.9 Å². The number of nitrogens with one attached hydrogen (secondary N) is 2. The van der Waals surface area contributed by atoms with Gasteiger partial charge in [0.1, 0.15) is 6.17 Å². The third kappa shape index (κ3) is 2.11. The summed E-state index contributed by atoms with van der Waals surface area (Å²) in [6.45, 7) is 0. The van der Waals surface area contributed by atoms with E-state index >= 15 is 0 Å². The number of para-hydroxylation sites is 1. The Morgan fingerprint density at radius 1 is 1.11 bits per heavy atom. The molecule has 0 spiro atoms. The van der Waals surface area contributed by atoms with Gasteiger partial charge in [-0.1, -0.05) is 29.8 Å². The van der Waals surface area contributed by atoms with Gasteiger partial charge < -0.3 is 16.4 Å². The predicted octanol–water partition coefficient (Wildman–Crippen LogP) is 2.78. The molecule has 0 fully saturated rings. The number of hydrogen-bond donors (Lipinski definition) is 3. The van der Waals surface area contributed by atoms with E-state index in [4.69, 9.17) is 17.3 Å². The summed E-state index contributed by atoms with van der Waals surface area (Å²) >= 11 is 5.89. The zero-order chi connectivity index (χ0) is 13.4. The number of amides is 1. The Kier molecular flexibility index (Phi) is 2.80. The molecule has 96 valence electrons. The van der Waals surface area contributed by atoms with E-state index in [-0.39, 0.29) is 12.1 Å². The van der Waals surface area contributed by atoms with Crippen molar-refractivity contribution in [3.05, 3.63) is 58.6 Å². The number of fused-ring (bicyclic) bond motifs is 1. The van der Waals surface area contributed by atoms with E-state index in [2.05, 4.69) is 10.6 Å². The maximum absolute atomic E-state index is 12.1. The fraction of sp³-hybridized carbons (Fsp3) is 0.0714. The lowest BCUT2D eigenvalue weighted by atomic mass is 10.0. The molecule has 1 amide bonds. The predicted molar refractivity (Wildman–Crippen MR) is 76.1 cm³/mol. The summed E-state index contributed by atoms with van der Waals surface area (Å²) in [4.78, 5) is 12.1. The number of halogens is 1. The first kappa shape index (κ1) is 11.9. The number of hydrogen-bond acceptors (Lipinski definition) is 3. The summed E-state index contributed by atoms with van der Waals surface area (Å²) in [5.74, 6) is -0.162. The van der Waals surface area contributed by atoms with Gasteiger partial charge in [0.2, 0.25) is 0 Å². The van der Waals surface area contributed by atoms with Crippen LogP contribution >= 0.6 is 11.6 Å². The van der Waals surface area contributed by atoms with E-state index in [1.165, 1.54) is 0 Å². The third-order valence-corrected chi connectivity index (χ3v) is 3.34. The van der Waals surface area contributed by atoms with E-state index in [1.54, 1.807) is 24.3 Å². The molecule has 0 saturated carbocycles. The Morgan fingerprint density at radius 3 is 2.68 bits per heavy atom. The van der Waals surface area contributed by atoms with Crippen molar-refractivity contribution in [3.63, 3.8) is 0 Å². The summed E-state index contributed by atoms with van der Waals surface area (Å²) in [6, 6.07) is 12.6. The number of carbonyl (C=O) groups is 1. The van der Waals surface area contributed by atoms with Crippen LogP contribution in [0.3, 0.4) is 0 Å². The lowest BCUT2D eigenvalue weighted by Gasteiger charge is -2.29. The van der Waals surface area contributed by atoms with Crippen molar-refractivity contribution < 1.29 is 4.79 Å². The van der Waals surface area contributed by atoms with Crippen LogP contribution in [0.15, 0.2) is 42.5 Å². The van der Waals surface area contributed by atoms with Crippen LogP contribution < -0.4 is 16.4 Å². The molecule has 1 atom stereocenters. The first-order valence-corrected chi connectivity index (χ1v) is 6.24. The summed E-state index contributed by atoms with van der Waals surface area (Å²) in [6.07, 6.45) is -0.331. The molecule has 1 aliphatic rings. The van der Waals surface area contributed by atoms with Gasteiger partial charge in [0.15, 0.2) is 0 Å². The molecule has 1 unspecified atom stereocenters. The Bertz CT molecular complexity index is 657. The van der Waals surface area contributed by atoms with Gasteiger partial charge in [0.05, 0.1) is 5.56 Å². The normalized spacial score (nSPS) is 17.3. The molecule has 2 aromatic rings. The van der Waals surface area contributed by atoms with Gasteiger partial charge in [-0.05, 0) is 24.3 Å². The molecule has 0 aliphatic carbocycles. The summed E-state index contributed by atoms with van der Waals surface area (Å²) in [5, 5.41) is 6.64. The van der Waals surface area contributed by atoms with Gasteiger partial charge in [-0.3, -0.25) is 4.79 Å². The van der Waals surface area contributed by atoms with Crippen LogP contribution in [0.4, 0.5) is 11.4 Å². The average molecular weight is 274 g/mol. The van der Waals surface area contributed by atoms with Crippen molar-refractivity contribution in [2.24, 2.45) is 0 Å². The molecule has 3 rings (SSSR count). The second-order valence-corrected chi connectivity index (χ2v) is 4.81. The molecule has 0 saturated heterocycles. The summed E-state index contributed by atoms with van der Waals surface area (Å²) in [7, 11) is 0. The largest absolute Gasteiger partial charge is 0.398 e. The molecule has 0 radical (unpaired) electrons. The molecular formula is C14H12ClN3O. The van der Waals surface area contributed by atoms with Gasteiger partial charge in [0, 0.05) is 22.0 Å².